The molecule has 0 aliphatic rings. The number of benzene rings is 3. The molecule has 40 heavy (non-hydrogen) atoms. The molecule has 3 heterocycles. The van der Waals surface area contributed by atoms with E-state index in [1.165, 1.54) is 41.9 Å². The van der Waals surface area contributed by atoms with Gasteiger partial charge in [0.05, 0.1) is 28.4 Å². The van der Waals surface area contributed by atoms with Crippen LogP contribution in [-0.4, -0.2) is 25.5 Å². The molecule has 0 bridgehead atoms. The summed E-state index contributed by atoms with van der Waals surface area (Å²) in [6, 6.07) is 19.9. The summed E-state index contributed by atoms with van der Waals surface area (Å²) in [6.45, 7) is 0. The van der Waals surface area contributed by atoms with E-state index in [0.717, 1.165) is 28.6 Å². The Bertz CT molecular complexity index is 2060. The summed E-state index contributed by atoms with van der Waals surface area (Å²) in [5, 5.41) is 17.9. The standard InChI is InChI=1S/C29H17F3N4O3S/c30-29(31,32)22-12-6-7-13-23(22)36-26(37)19-11-5-4-10-18(19)20(27(36)38)14-34-35-16-33-25-24(28(35)39)21(15-40-25)17-8-2-1-3-9-17/h1-16,38H. The Labute approximate surface area is 227 Å². The number of aromatic hydroxyl groups is 1. The second-order valence-electron chi connectivity index (χ2n) is 8.77. The lowest BCUT2D eigenvalue weighted by atomic mass is 10.1. The number of pyridine rings is 1. The largest absolute Gasteiger partial charge is 0.494 e. The van der Waals surface area contributed by atoms with E-state index in [9.17, 15) is 27.9 Å². The van der Waals surface area contributed by atoms with Crippen molar-refractivity contribution in [3.63, 3.8) is 0 Å². The normalized spacial score (nSPS) is 12.1. The summed E-state index contributed by atoms with van der Waals surface area (Å²) < 4.78 is 43.0. The average Bonchev–Trinajstić information content (AvgIpc) is 3.39. The van der Waals surface area contributed by atoms with Crippen LogP contribution < -0.4 is 11.1 Å². The fraction of sp³-hybridized carbons (Fsp3) is 0.0345. The minimum atomic E-state index is -4.78. The van der Waals surface area contributed by atoms with Crippen molar-refractivity contribution in [2.75, 3.05) is 0 Å². The highest BCUT2D eigenvalue weighted by atomic mass is 32.1. The first-order chi connectivity index (χ1) is 19.3. The number of hydrogen-bond donors (Lipinski definition) is 1. The third-order valence-corrected chi connectivity index (χ3v) is 7.31. The van der Waals surface area contributed by atoms with Gasteiger partial charge in [-0.1, -0.05) is 60.7 Å². The Morgan fingerprint density at radius 3 is 2.30 bits per heavy atom. The number of para-hydroxylation sites is 1. The molecule has 0 atom stereocenters. The van der Waals surface area contributed by atoms with Crippen molar-refractivity contribution in [1.29, 1.82) is 0 Å². The average molecular weight is 559 g/mol. The number of hydrogen-bond acceptors (Lipinski definition) is 6. The fourth-order valence-electron chi connectivity index (χ4n) is 4.58. The van der Waals surface area contributed by atoms with E-state index in [4.69, 9.17) is 0 Å². The van der Waals surface area contributed by atoms with Gasteiger partial charge >= 0.3 is 6.18 Å². The van der Waals surface area contributed by atoms with Gasteiger partial charge in [-0.15, -0.1) is 11.3 Å². The zero-order chi connectivity index (χ0) is 28.0. The molecule has 0 amide bonds. The van der Waals surface area contributed by atoms with E-state index in [2.05, 4.69) is 10.1 Å². The zero-order valence-corrected chi connectivity index (χ0v) is 21.1. The van der Waals surface area contributed by atoms with Gasteiger partial charge < -0.3 is 5.11 Å². The summed E-state index contributed by atoms with van der Waals surface area (Å²) in [5.41, 5.74) is -1.48. The molecule has 0 fully saturated rings. The number of alkyl halides is 3. The second-order valence-corrected chi connectivity index (χ2v) is 9.63. The molecule has 6 rings (SSSR count). The Morgan fingerprint density at radius 1 is 0.875 bits per heavy atom. The van der Waals surface area contributed by atoms with Crippen LogP contribution in [0.3, 0.4) is 0 Å². The Hall–Kier alpha value is -5.03. The molecule has 0 saturated carbocycles. The lowest BCUT2D eigenvalue weighted by Crippen LogP contribution is -2.23. The SMILES string of the molecule is O=c1c2c(-c3ccccc3)csc2ncn1N=Cc1c(O)n(-c2ccccc2C(F)(F)F)c(=O)c2ccccc12. The molecule has 7 nitrogen and oxygen atoms in total. The van der Waals surface area contributed by atoms with Crippen LogP contribution in [0.5, 0.6) is 5.88 Å². The monoisotopic (exact) mass is 558 g/mol. The van der Waals surface area contributed by atoms with Gasteiger partial charge in [0, 0.05) is 21.7 Å². The summed E-state index contributed by atoms with van der Waals surface area (Å²) in [5.74, 6) is -0.758. The number of nitrogens with zero attached hydrogens (tertiary/aromatic N) is 4. The van der Waals surface area contributed by atoms with Gasteiger partial charge in [0.2, 0.25) is 5.88 Å². The molecule has 11 heteroatoms. The number of rotatable bonds is 4. The zero-order valence-electron chi connectivity index (χ0n) is 20.3. The van der Waals surface area contributed by atoms with Crippen LogP contribution >= 0.6 is 11.3 Å². The van der Waals surface area contributed by atoms with Gasteiger partial charge in [0.1, 0.15) is 11.2 Å². The third-order valence-electron chi connectivity index (χ3n) is 6.43. The van der Waals surface area contributed by atoms with E-state index in [1.807, 2.05) is 35.7 Å². The highest BCUT2D eigenvalue weighted by Crippen LogP contribution is 2.36. The first-order valence-corrected chi connectivity index (χ1v) is 12.8. The van der Waals surface area contributed by atoms with Gasteiger partial charge in [-0.2, -0.15) is 22.9 Å². The van der Waals surface area contributed by atoms with Crippen molar-refractivity contribution in [3.8, 4) is 22.7 Å². The van der Waals surface area contributed by atoms with Crippen molar-refractivity contribution in [3.05, 3.63) is 122 Å². The predicted molar refractivity (Wildman–Crippen MR) is 149 cm³/mol. The smallest absolute Gasteiger partial charge is 0.418 e. The fourth-order valence-corrected chi connectivity index (χ4v) is 5.48. The number of aromatic nitrogens is 3. The molecule has 0 unspecified atom stereocenters. The number of thiophene rings is 1. The molecular weight excluding hydrogens is 541 g/mol. The van der Waals surface area contributed by atoms with Crippen LogP contribution in [0, 0.1) is 0 Å². The van der Waals surface area contributed by atoms with E-state index < -0.39 is 34.4 Å². The van der Waals surface area contributed by atoms with E-state index in [1.54, 1.807) is 12.1 Å². The molecule has 3 aromatic heterocycles. The lowest BCUT2D eigenvalue weighted by molar-refractivity contribution is -0.137. The molecule has 198 valence electrons. The summed E-state index contributed by atoms with van der Waals surface area (Å²) in [7, 11) is 0. The maximum atomic E-state index is 13.8. The van der Waals surface area contributed by atoms with E-state index in [-0.39, 0.29) is 16.3 Å². The van der Waals surface area contributed by atoms with E-state index in [0.29, 0.717) is 20.3 Å². The van der Waals surface area contributed by atoms with Crippen LogP contribution in [0.15, 0.2) is 105 Å². The molecule has 1 N–H and O–H groups in total. The quantitative estimate of drug-likeness (QED) is 0.268. The summed E-state index contributed by atoms with van der Waals surface area (Å²) in [6.07, 6.45) is -2.43. The number of fused-ring (bicyclic) bond motifs is 2. The van der Waals surface area contributed by atoms with Crippen LogP contribution in [0.25, 0.3) is 37.8 Å². The second kappa shape index (κ2) is 9.62. The van der Waals surface area contributed by atoms with Gasteiger partial charge in [-0.25, -0.2) is 9.55 Å². The Kier molecular flexibility index (Phi) is 6.07. The highest BCUT2D eigenvalue weighted by molar-refractivity contribution is 7.17. The Balaban J connectivity index is 1.56. The molecule has 0 spiro atoms. The van der Waals surface area contributed by atoms with Crippen molar-refractivity contribution >= 4 is 38.5 Å². The van der Waals surface area contributed by atoms with Crippen molar-refractivity contribution in [1.82, 2.24) is 14.2 Å². The Morgan fingerprint density at radius 2 is 1.55 bits per heavy atom. The molecule has 0 aliphatic carbocycles. The van der Waals surface area contributed by atoms with Crippen LogP contribution in [0.2, 0.25) is 0 Å². The molecule has 0 aliphatic heterocycles. The van der Waals surface area contributed by atoms with Gasteiger partial charge in [0.25, 0.3) is 11.1 Å². The van der Waals surface area contributed by atoms with Crippen molar-refractivity contribution in [2.24, 2.45) is 5.10 Å². The summed E-state index contributed by atoms with van der Waals surface area (Å²) >= 11 is 1.31. The maximum Gasteiger partial charge on any atom is 0.418 e. The first-order valence-electron chi connectivity index (χ1n) is 11.9. The van der Waals surface area contributed by atoms with Crippen LogP contribution in [0.4, 0.5) is 13.2 Å². The summed E-state index contributed by atoms with van der Waals surface area (Å²) in [4.78, 5) is 31.6. The minimum absolute atomic E-state index is 0.0484. The molecule has 3 aromatic carbocycles. The molecule has 6 aromatic rings. The minimum Gasteiger partial charge on any atom is -0.494 e. The highest BCUT2D eigenvalue weighted by Gasteiger charge is 2.35. The molecular formula is C29H17F3N4O3S. The first kappa shape index (κ1) is 25.3. The third kappa shape index (κ3) is 4.16. The van der Waals surface area contributed by atoms with Crippen LogP contribution in [0.1, 0.15) is 11.1 Å². The van der Waals surface area contributed by atoms with Crippen LogP contribution in [-0.2, 0) is 6.18 Å². The van der Waals surface area contributed by atoms with Crippen molar-refractivity contribution < 1.29 is 18.3 Å². The van der Waals surface area contributed by atoms with Gasteiger partial charge in [0.15, 0.2) is 0 Å². The van der Waals surface area contributed by atoms with Gasteiger partial charge in [-0.3, -0.25) is 9.59 Å². The predicted octanol–water partition coefficient (Wildman–Crippen LogP) is 6.04. The van der Waals surface area contributed by atoms with Crippen molar-refractivity contribution in [2.45, 2.75) is 6.18 Å². The van der Waals surface area contributed by atoms with E-state index >= 15 is 0 Å². The lowest BCUT2D eigenvalue weighted by Gasteiger charge is -2.18. The topological polar surface area (TPSA) is 89.5 Å². The molecule has 0 radical (unpaired) electrons. The maximum absolute atomic E-state index is 13.8. The molecule has 0 saturated heterocycles. The number of halogens is 3. The van der Waals surface area contributed by atoms with Gasteiger partial charge in [-0.05, 0) is 23.8 Å².